The Labute approximate surface area is 152 Å². The number of hydrogen-bond donors (Lipinski definition) is 1. The van der Waals surface area contributed by atoms with E-state index in [9.17, 15) is 0 Å². The van der Waals surface area contributed by atoms with Crippen LogP contribution in [-0.2, 0) is 12.8 Å². The minimum atomic E-state index is 0.798. The third kappa shape index (κ3) is 2.16. The molecule has 5 nitrogen and oxygen atoms in total. The molecule has 0 atom stereocenters. The van der Waals surface area contributed by atoms with Gasteiger partial charge in [0, 0.05) is 16.8 Å². The van der Waals surface area contributed by atoms with Crippen LogP contribution in [0.4, 0.5) is 0 Å². The average molecular weight is 346 g/mol. The molecule has 0 unspecified atom stereocenters. The predicted octanol–water partition coefficient (Wildman–Crippen LogP) is 4.41. The summed E-state index contributed by atoms with van der Waals surface area (Å²) in [4.78, 5) is 12.9. The van der Waals surface area contributed by atoms with Gasteiger partial charge >= 0.3 is 0 Å². The Balaban J connectivity index is 1.91. The van der Waals surface area contributed by atoms with Crippen molar-refractivity contribution < 1.29 is 4.74 Å². The quantitative estimate of drug-likeness (QED) is 0.585. The van der Waals surface area contributed by atoms with Crippen molar-refractivity contribution in [3.05, 3.63) is 47.0 Å². The Hall–Kier alpha value is -2.82. The molecule has 0 saturated carbocycles. The van der Waals surface area contributed by atoms with Crippen LogP contribution < -0.4 is 4.74 Å². The number of H-pyrrole nitrogens is 1. The maximum atomic E-state index is 5.48. The summed E-state index contributed by atoms with van der Waals surface area (Å²) in [5.41, 5.74) is 7.11. The van der Waals surface area contributed by atoms with E-state index in [1.54, 1.807) is 7.11 Å². The zero-order chi connectivity index (χ0) is 17.8. The Morgan fingerprint density at radius 1 is 1.08 bits per heavy atom. The number of benzene rings is 1. The molecule has 3 heterocycles. The number of methoxy groups -OCH3 is 1. The fraction of sp³-hybridized carbons (Fsp3) is 0.333. The number of hydrogen-bond acceptors (Lipinski definition) is 3. The first kappa shape index (κ1) is 15.4. The van der Waals surface area contributed by atoms with Gasteiger partial charge < -0.3 is 9.72 Å². The van der Waals surface area contributed by atoms with E-state index < -0.39 is 0 Å². The molecule has 0 fully saturated rings. The van der Waals surface area contributed by atoms with Gasteiger partial charge in [0.05, 0.1) is 18.1 Å². The lowest BCUT2D eigenvalue weighted by atomic mass is 9.95. The number of nitrogens with one attached hydrogen (secondary N) is 1. The first-order valence-electron chi connectivity index (χ1n) is 9.20. The van der Waals surface area contributed by atoms with Gasteiger partial charge in [-0.2, -0.15) is 0 Å². The minimum absolute atomic E-state index is 0.798. The molecular formula is C21H22N4O. The van der Waals surface area contributed by atoms with Gasteiger partial charge in [-0.25, -0.2) is 9.97 Å². The zero-order valence-corrected chi connectivity index (χ0v) is 15.4. The molecular weight excluding hydrogens is 324 g/mol. The fourth-order valence-electron chi connectivity index (χ4n) is 4.30. The van der Waals surface area contributed by atoms with Crippen molar-refractivity contribution >= 4 is 21.9 Å². The third-order valence-electron chi connectivity index (χ3n) is 5.40. The fourth-order valence-corrected chi connectivity index (χ4v) is 4.30. The van der Waals surface area contributed by atoms with E-state index in [0.29, 0.717) is 0 Å². The SMILES string of the molecule is COc1ccc2c(c1)c1c(n2-c2nc(C)nc3cc(C)[nH]c23)CCCC1. The second kappa shape index (κ2) is 5.59. The summed E-state index contributed by atoms with van der Waals surface area (Å²) in [6.45, 7) is 4.03. The first-order chi connectivity index (χ1) is 12.7. The summed E-state index contributed by atoms with van der Waals surface area (Å²) < 4.78 is 7.82. The van der Waals surface area contributed by atoms with Crippen LogP contribution in [0.15, 0.2) is 24.3 Å². The normalized spacial score (nSPS) is 14.1. The number of aryl methyl sites for hydroxylation is 3. The van der Waals surface area contributed by atoms with E-state index >= 15 is 0 Å². The summed E-state index contributed by atoms with van der Waals surface area (Å²) in [6.07, 6.45) is 4.65. The van der Waals surface area contributed by atoms with Gasteiger partial charge in [-0.15, -0.1) is 0 Å². The first-order valence-corrected chi connectivity index (χ1v) is 9.20. The number of nitrogens with zero attached hydrogens (tertiary/aromatic N) is 3. The van der Waals surface area contributed by atoms with Gasteiger partial charge in [-0.1, -0.05) is 0 Å². The molecule has 1 aromatic carbocycles. The van der Waals surface area contributed by atoms with Crippen molar-refractivity contribution in [2.24, 2.45) is 0 Å². The Bertz CT molecular complexity index is 1150. The topological polar surface area (TPSA) is 55.7 Å². The van der Waals surface area contributed by atoms with Crippen LogP contribution in [0, 0.1) is 13.8 Å². The summed E-state index contributed by atoms with van der Waals surface area (Å²) in [5.74, 6) is 2.66. The van der Waals surface area contributed by atoms with Crippen LogP contribution in [0.25, 0.3) is 27.8 Å². The van der Waals surface area contributed by atoms with E-state index in [2.05, 4.69) is 39.7 Å². The van der Waals surface area contributed by atoms with Crippen molar-refractivity contribution in [2.45, 2.75) is 39.5 Å². The number of rotatable bonds is 2. The molecule has 1 N–H and O–H groups in total. The third-order valence-corrected chi connectivity index (χ3v) is 5.40. The van der Waals surface area contributed by atoms with E-state index in [4.69, 9.17) is 9.72 Å². The van der Waals surface area contributed by atoms with E-state index in [0.717, 1.165) is 47.0 Å². The molecule has 4 aromatic rings. The van der Waals surface area contributed by atoms with Crippen molar-refractivity contribution in [1.29, 1.82) is 0 Å². The number of aromatic nitrogens is 4. The molecule has 0 bridgehead atoms. The Morgan fingerprint density at radius 2 is 1.92 bits per heavy atom. The Morgan fingerprint density at radius 3 is 2.77 bits per heavy atom. The molecule has 1 aliphatic carbocycles. The summed E-state index contributed by atoms with van der Waals surface area (Å²) in [6, 6.07) is 8.46. The van der Waals surface area contributed by atoms with E-state index in [1.165, 1.54) is 35.0 Å². The molecule has 0 amide bonds. The lowest BCUT2D eigenvalue weighted by molar-refractivity contribution is 0.415. The van der Waals surface area contributed by atoms with Crippen LogP contribution in [0.5, 0.6) is 5.75 Å². The molecule has 0 saturated heterocycles. The van der Waals surface area contributed by atoms with Crippen molar-refractivity contribution in [3.8, 4) is 11.6 Å². The van der Waals surface area contributed by atoms with Gasteiger partial charge in [-0.05, 0) is 69.4 Å². The van der Waals surface area contributed by atoms with Gasteiger partial charge in [0.1, 0.15) is 17.1 Å². The van der Waals surface area contributed by atoms with Crippen LogP contribution in [-0.4, -0.2) is 26.6 Å². The smallest absolute Gasteiger partial charge is 0.165 e. The Kier molecular flexibility index (Phi) is 3.32. The zero-order valence-electron chi connectivity index (χ0n) is 15.4. The van der Waals surface area contributed by atoms with Crippen LogP contribution >= 0.6 is 0 Å². The molecule has 1 aliphatic rings. The summed E-state index contributed by atoms with van der Waals surface area (Å²) in [5, 5.41) is 1.28. The highest BCUT2D eigenvalue weighted by Crippen LogP contribution is 2.37. The molecule has 132 valence electrons. The minimum Gasteiger partial charge on any atom is -0.497 e. The summed E-state index contributed by atoms with van der Waals surface area (Å²) in [7, 11) is 1.73. The van der Waals surface area contributed by atoms with Crippen molar-refractivity contribution in [2.75, 3.05) is 7.11 Å². The highest BCUT2D eigenvalue weighted by molar-refractivity contribution is 5.92. The number of aromatic amines is 1. The maximum Gasteiger partial charge on any atom is 0.165 e. The standard InChI is InChI=1S/C21H22N4O/c1-12-10-17-20(22-12)21(24-13(2)23-17)25-18-7-5-4-6-15(18)16-11-14(26-3)8-9-19(16)25/h8-11,22H,4-7H2,1-3H3. The molecule has 3 aromatic heterocycles. The monoisotopic (exact) mass is 346 g/mol. The van der Waals surface area contributed by atoms with Gasteiger partial charge in [0.2, 0.25) is 0 Å². The molecule has 0 spiro atoms. The van der Waals surface area contributed by atoms with E-state index in [1.807, 2.05) is 13.0 Å². The molecule has 26 heavy (non-hydrogen) atoms. The lowest BCUT2D eigenvalue weighted by Crippen LogP contribution is -2.09. The van der Waals surface area contributed by atoms with Gasteiger partial charge in [0.15, 0.2) is 5.82 Å². The van der Waals surface area contributed by atoms with E-state index in [-0.39, 0.29) is 0 Å². The van der Waals surface area contributed by atoms with Crippen LogP contribution in [0.2, 0.25) is 0 Å². The van der Waals surface area contributed by atoms with Crippen molar-refractivity contribution in [3.63, 3.8) is 0 Å². The second-order valence-electron chi connectivity index (χ2n) is 7.16. The number of fused-ring (bicyclic) bond motifs is 4. The molecule has 5 heteroatoms. The van der Waals surface area contributed by atoms with Crippen molar-refractivity contribution in [1.82, 2.24) is 19.5 Å². The molecule has 0 radical (unpaired) electrons. The average Bonchev–Trinajstić information content (AvgIpc) is 3.17. The van der Waals surface area contributed by atoms with Crippen LogP contribution in [0.1, 0.15) is 35.6 Å². The predicted molar refractivity (Wildman–Crippen MR) is 103 cm³/mol. The highest BCUT2D eigenvalue weighted by Gasteiger charge is 2.23. The maximum absolute atomic E-state index is 5.48. The van der Waals surface area contributed by atoms with Gasteiger partial charge in [-0.3, -0.25) is 4.57 Å². The number of ether oxygens (including phenoxy) is 1. The summed E-state index contributed by atoms with van der Waals surface area (Å²) >= 11 is 0. The molecule has 0 aliphatic heterocycles. The van der Waals surface area contributed by atoms with Gasteiger partial charge in [0.25, 0.3) is 0 Å². The molecule has 5 rings (SSSR count). The van der Waals surface area contributed by atoms with Crippen LogP contribution in [0.3, 0.4) is 0 Å². The second-order valence-corrected chi connectivity index (χ2v) is 7.16. The lowest BCUT2D eigenvalue weighted by Gasteiger charge is -2.16. The largest absolute Gasteiger partial charge is 0.497 e. The highest BCUT2D eigenvalue weighted by atomic mass is 16.5.